The zero-order chi connectivity index (χ0) is 27.4. The van der Waals surface area contributed by atoms with E-state index in [0.29, 0.717) is 18.8 Å². The summed E-state index contributed by atoms with van der Waals surface area (Å²) in [5.41, 5.74) is 6.22. The third kappa shape index (κ3) is 8.30. The fraction of sp³-hybridized carbons (Fsp3) is 0.714. The molecule has 3 aliphatic rings. The highest BCUT2D eigenvalue weighted by Gasteiger charge is 2.56. The lowest BCUT2D eigenvalue weighted by Gasteiger charge is -2.32. The third-order valence-corrected chi connectivity index (χ3v) is 9.28. The molecule has 3 rings (SSSR count). The van der Waals surface area contributed by atoms with E-state index >= 15 is 0 Å². The number of ketones is 1. The van der Waals surface area contributed by atoms with E-state index < -0.39 is 0 Å². The lowest BCUT2D eigenvalue weighted by molar-refractivity contribution is -0.143. The van der Waals surface area contributed by atoms with Crippen LogP contribution in [0, 0.1) is 11.3 Å². The molecule has 0 aliphatic heterocycles. The molecule has 3 heteroatoms. The maximum Gasteiger partial charge on any atom is 0.305 e. The van der Waals surface area contributed by atoms with Crippen molar-refractivity contribution in [2.45, 2.75) is 143 Å². The zero-order valence-electron chi connectivity index (χ0n) is 25.0. The number of allylic oxidation sites excluding steroid dienone is 8. The number of hydrogen-bond donors (Lipinski definition) is 0. The van der Waals surface area contributed by atoms with Crippen LogP contribution in [-0.2, 0) is 14.3 Å². The van der Waals surface area contributed by atoms with Gasteiger partial charge in [0, 0.05) is 23.3 Å². The Balaban J connectivity index is 1.19. The topological polar surface area (TPSA) is 43.4 Å². The Labute approximate surface area is 233 Å². The van der Waals surface area contributed by atoms with Crippen molar-refractivity contribution in [3.8, 4) is 0 Å². The van der Waals surface area contributed by atoms with Crippen LogP contribution in [0.4, 0.5) is 0 Å². The predicted octanol–water partition coefficient (Wildman–Crippen LogP) is 9.92. The molecule has 0 amide bonds. The van der Waals surface area contributed by atoms with Gasteiger partial charge in [0.25, 0.3) is 0 Å². The maximum atomic E-state index is 13.0. The molecule has 0 saturated heterocycles. The van der Waals surface area contributed by atoms with Gasteiger partial charge in [0.15, 0.2) is 5.78 Å². The summed E-state index contributed by atoms with van der Waals surface area (Å²) in [6, 6.07) is 0. The van der Waals surface area contributed by atoms with Gasteiger partial charge in [0.05, 0.1) is 6.61 Å². The van der Waals surface area contributed by atoms with Gasteiger partial charge >= 0.3 is 5.97 Å². The molecule has 38 heavy (non-hydrogen) atoms. The van der Waals surface area contributed by atoms with Gasteiger partial charge in [-0.3, -0.25) is 9.59 Å². The molecule has 1 atom stereocenters. The normalized spacial score (nSPS) is 20.1. The predicted molar refractivity (Wildman–Crippen MR) is 159 cm³/mol. The second-order valence-corrected chi connectivity index (χ2v) is 12.1. The molecule has 0 aromatic carbocycles. The van der Waals surface area contributed by atoms with Crippen molar-refractivity contribution >= 4 is 11.8 Å². The van der Waals surface area contributed by atoms with Crippen molar-refractivity contribution < 1.29 is 14.3 Å². The van der Waals surface area contributed by atoms with Crippen LogP contribution in [0.15, 0.2) is 46.1 Å². The highest BCUT2D eigenvalue weighted by atomic mass is 16.5. The lowest BCUT2D eigenvalue weighted by Crippen LogP contribution is -2.31. The summed E-state index contributed by atoms with van der Waals surface area (Å²) in [5, 5.41) is 0. The summed E-state index contributed by atoms with van der Waals surface area (Å²) in [4.78, 5) is 25.2. The van der Waals surface area contributed by atoms with E-state index in [1.807, 2.05) is 0 Å². The van der Waals surface area contributed by atoms with Gasteiger partial charge in [0.2, 0.25) is 0 Å². The maximum absolute atomic E-state index is 13.0. The third-order valence-electron chi connectivity index (χ3n) is 9.28. The van der Waals surface area contributed by atoms with Crippen LogP contribution in [0.25, 0.3) is 0 Å². The summed E-state index contributed by atoms with van der Waals surface area (Å²) in [5.74, 6) is 0.374. The molecule has 0 aromatic rings. The fourth-order valence-electron chi connectivity index (χ4n) is 6.53. The molecule has 0 unspecified atom stereocenters. The number of carbonyl (C=O) groups is 2. The minimum Gasteiger partial charge on any atom is -0.466 e. The van der Waals surface area contributed by atoms with Crippen LogP contribution in [0.5, 0.6) is 0 Å². The SMILES string of the molecule is CCCCCCCC/C=C/CCCCCCCC(=O)OCCCC1=C(C)C=C2C(=O)[C@@H](C)C3(CC3)C(C)=C21. The van der Waals surface area contributed by atoms with Crippen molar-refractivity contribution in [3.05, 3.63) is 46.1 Å². The monoisotopic (exact) mass is 522 g/mol. The van der Waals surface area contributed by atoms with Crippen LogP contribution < -0.4 is 0 Å². The van der Waals surface area contributed by atoms with Crippen LogP contribution in [-0.4, -0.2) is 18.4 Å². The molecule has 212 valence electrons. The van der Waals surface area contributed by atoms with Gasteiger partial charge in [-0.1, -0.05) is 82.9 Å². The molecule has 0 N–H and O–H groups in total. The first-order valence-corrected chi connectivity index (χ1v) is 15.9. The lowest BCUT2D eigenvalue weighted by atomic mass is 9.70. The van der Waals surface area contributed by atoms with Gasteiger partial charge in [-0.2, -0.15) is 0 Å². The molecule has 0 bridgehead atoms. The molecule has 3 nitrogen and oxygen atoms in total. The average molecular weight is 523 g/mol. The Kier molecular flexibility index (Phi) is 12.6. The molecule has 1 saturated carbocycles. The molecule has 0 radical (unpaired) electrons. The molecule has 0 aromatic heterocycles. The second kappa shape index (κ2) is 15.6. The Bertz CT molecular complexity index is 925. The number of fused-ring (bicyclic) bond motifs is 1. The summed E-state index contributed by atoms with van der Waals surface area (Å²) >= 11 is 0. The minimum atomic E-state index is -0.0624. The average Bonchev–Trinajstić information content (AvgIpc) is 3.65. The number of hydrogen-bond acceptors (Lipinski definition) is 3. The van der Waals surface area contributed by atoms with E-state index in [9.17, 15) is 9.59 Å². The Morgan fingerprint density at radius 3 is 2.16 bits per heavy atom. The van der Waals surface area contributed by atoms with E-state index in [1.165, 1.54) is 92.9 Å². The Hall–Kier alpha value is -1.90. The van der Waals surface area contributed by atoms with Gasteiger partial charge in [-0.15, -0.1) is 0 Å². The van der Waals surface area contributed by atoms with E-state index in [1.54, 1.807) is 0 Å². The Morgan fingerprint density at radius 2 is 1.53 bits per heavy atom. The van der Waals surface area contributed by atoms with Gasteiger partial charge in [-0.05, 0) is 94.4 Å². The fourth-order valence-corrected chi connectivity index (χ4v) is 6.53. The number of esters is 1. The van der Waals surface area contributed by atoms with Crippen LogP contribution >= 0.6 is 0 Å². The second-order valence-electron chi connectivity index (χ2n) is 12.1. The van der Waals surface area contributed by atoms with Crippen molar-refractivity contribution in [3.63, 3.8) is 0 Å². The van der Waals surface area contributed by atoms with Crippen molar-refractivity contribution in [2.75, 3.05) is 6.61 Å². The van der Waals surface area contributed by atoms with Crippen LogP contribution in [0.3, 0.4) is 0 Å². The zero-order valence-corrected chi connectivity index (χ0v) is 25.0. The number of ether oxygens (including phenoxy) is 1. The van der Waals surface area contributed by atoms with Crippen molar-refractivity contribution in [1.82, 2.24) is 0 Å². The largest absolute Gasteiger partial charge is 0.466 e. The quantitative estimate of drug-likeness (QED) is 0.0963. The first-order valence-electron chi connectivity index (χ1n) is 15.9. The summed E-state index contributed by atoms with van der Waals surface area (Å²) < 4.78 is 5.54. The molecule has 0 heterocycles. The smallest absolute Gasteiger partial charge is 0.305 e. The molecule has 1 fully saturated rings. The van der Waals surface area contributed by atoms with E-state index in [4.69, 9.17) is 4.74 Å². The standard InChI is InChI=1S/C35H54O3/c1-5-6-7-8-9-10-11-12-13-14-15-16-17-18-19-22-32(36)38-25-20-21-30-27(2)26-31-33(30)28(3)35(23-24-35)29(4)34(31)37/h12-13,26,29H,5-11,14-25H2,1-4H3/b13-12+/t29-/m1/s1. The van der Waals surface area contributed by atoms with Gasteiger partial charge in [0.1, 0.15) is 0 Å². The molecule has 3 aliphatic carbocycles. The Morgan fingerprint density at radius 1 is 0.921 bits per heavy atom. The molecular formula is C35H54O3. The molecule has 1 spiro atoms. The van der Waals surface area contributed by atoms with Crippen molar-refractivity contribution in [2.24, 2.45) is 11.3 Å². The van der Waals surface area contributed by atoms with E-state index in [-0.39, 0.29) is 17.3 Å². The van der Waals surface area contributed by atoms with Crippen LogP contribution in [0.2, 0.25) is 0 Å². The first-order chi connectivity index (χ1) is 18.4. The van der Waals surface area contributed by atoms with E-state index in [2.05, 4.69) is 45.9 Å². The van der Waals surface area contributed by atoms with Crippen molar-refractivity contribution in [1.29, 1.82) is 0 Å². The first kappa shape index (κ1) is 30.6. The number of unbranched alkanes of at least 4 members (excludes halogenated alkanes) is 11. The summed E-state index contributed by atoms with van der Waals surface area (Å²) in [6.07, 6.45) is 27.7. The molecular weight excluding hydrogens is 468 g/mol. The highest BCUT2D eigenvalue weighted by Crippen LogP contribution is 2.63. The number of carbonyl (C=O) groups excluding carboxylic acids is 2. The van der Waals surface area contributed by atoms with E-state index in [0.717, 1.165) is 44.1 Å². The van der Waals surface area contributed by atoms with Gasteiger partial charge in [-0.25, -0.2) is 0 Å². The highest BCUT2D eigenvalue weighted by molar-refractivity contribution is 6.07. The van der Waals surface area contributed by atoms with Crippen LogP contribution in [0.1, 0.15) is 143 Å². The minimum absolute atomic E-state index is 0.0624. The summed E-state index contributed by atoms with van der Waals surface area (Å²) in [7, 11) is 0. The summed E-state index contributed by atoms with van der Waals surface area (Å²) in [6.45, 7) is 9.21. The number of Topliss-reactive ketones (excluding diaryl/α,β-unsaturated/α-hetero) is 1. The number of rotatable bonds is 19. The van der Waals surface area contributed by atoms with Gasteiger partial charge < -0.3 is 4.74 Å².